The lowest BCUT2D eigenvalue weighted by Gasteiger charge is -2.22. The average molecular weight is 298 g/mol. The van der Waals surface area contributed by atoms with Crippen molar-refractivity contribution in [2.24, 2.45) is 0 Å². The summed E-state index contributed by atoms with van der Waals surface area (Å²) >= 11 is 7.49. The zero-order chi connectivity index (χ0) is 13.2. The van der Waals surface area contributed by atoms with Gasteiger partial charge in [-0.15, -0.1) is 11.3 Å². The second kappa shape index (κ2) is 5.61. The first-order chi connectivity index (χ1) is 9.24. The molecule has 2 heterocycles. The van der Waals surface area contributed by atoms with Crippen molar-refractivity contribution in [3.63, 3.8) is 0 Å². The van der Waals surface area contributed by atoms with E-state index >= 15 is 0 Å². The highest BCUT2D eigenvalue weighted by molar-refractivity contribution is 7.16. The number of thiophene rings is 1. The topological polar surface area (TPSA) is 58.0 Å². The van der Waals surface area contributed by atoms with Gasteiger partial charge in [0, 0.05) is 0 Å². The minimum absolute atomic E-state index is 0.0524. The summed E-state index contributed by atoms with van der Waals surface area (Å²) in [5.41, 5.74) is 0. The standard InChI is InChI=1S/C13H16ClN3OS/c14-13-16-11(8-6-7-19-12(8)17-13)15-9-4-2-1-3-5-10(9)18/h6-7,9-10,18H,1-5H2,(H,15,16,17). The zero-order valence-electron chi connectivity index (χ0n) is 10.5. The van der Waals surface area contributed by atoms with Gasteiger partial charge in [-0.25, -0.2) is 9.97 Å². The van der Waals surface area contributed by atoms with Crippen LogP contribution in [0.5, 0.6) is 0 Å². The van der Waals surface area contributed by atoms with Crippen LogP contribution in [0.15, 0.2) is 11.4 Å². The number of nitrogens with zero attached hydrogens (tertiary/aromatic N) is 2. The highest BCUT2D eigenvalue weighted by Crippen LogP contribution is 2.29. The van der Waals surface area contributed by atoms with E-state index in [-0.39, 0.29) is 17.4 Å². The predicted octanol–water partition coefficient (Wildman–Crippen LogP) is 3.45. The van der Waals surface area contributed by atoms with E-state index < -0.39 is 0 Å². The molecule has 1 fully saturated rings. The molecule has 0 aromatic carbocycles. The van der Waals surface area contributed by atoms with Gasteiger partial charge in [-0.2, -0.15) is 0 Å². The third-order valence-electron chi connectivity index (χ3n) is 3.60. The molecule has 0 spiro atoms. The van der Waals surface area contributed by atoms with Gasteiger partial charge in [0.25, 0.3) is 0 Å². The summed E-state index contributed by atoms with van der Waals surface area (Å²) in [5, 5.41) is 16.7. The molecule has 1 saturated carbocycles. The van der Waals surface area contributed by atoms with Crippen LogP contribution >= 0.6 is 22.9 Å². The molecule has 6 heteroatoms. The minimum atomic E-state index is -0.315. The molecule has 2 N–H and O–H groups in total. The summed E-state index contributed by atoms with van der Waals surface area (Å²) in [4.78, 5) is 9.35. The number of aliphatic hydroxyl groups excluding tert-OH is 1. The first kappa shape index (κ1) is 13.1. The van der Waals surface area contributed by atoms with E-state index in [4.69, 9.17) is 11.6 Å². The van der Waals surface area contributed by atoms with Crippen molar-refractivity contribution in [1.82, 2.24) is 9.97 Å². The van der Waals surface area contributed by atoms with Crippen LogP contribution in [0.2, 0.25) is 5.28 Å². The molecule has 2 unspecified atom stereocenters. The van der Waals surface area contributed by atoms with Gasteiger partial charge >= 0.3 is 0 Å². The molecular weight excluding hydrogens is 282 g/mol. The van der Waals surface area contributed by atoms with E-state index in [1.165, 1.54) is 6.42 Å². The third-order valence-corrected chi connectivity index (χ3v) is 4.58. The van der Waals surface area contributed by atoms with Gasteiger partial charge in [0.15, 0.2) is 0 Å². The second-order valence-electron chi connectivity index (χ2n) is 4.94. The number of fused-ring (bicyclic) bond motifs is 1. The Kier molecular flexibility index (Phi) is 3.86. The molecule has 0 saturated heterocycles. The van der Waals surface area contributed by atoms with Gasteiger partial charge in [-0.3, -0.25) is 0 Å². The van der Waals surface area contributed by atoms with Crippen LogP contribution in [-0.4, -0.2) is 27.2 Å². The Balaban J connectivity index is 1.89. The minimum Gasteiger partial charge on any atom is -0.391 e. The molecule has 2 aromatic heterocycles. The number of aromatic nitrogens is 2. The van der Waals surface area contributed by atoms with E-state index in [0.29, 0.717) is 0 Å². The first-order valence-corrected chi connectivity index (χ1v) is 7.85. The summed E-state index contributed by atoms with van der Waals surface area (Å²) in [7, 11) is 0. The molecule has 0 radical (unpaired) electrons. The molecule has 1 aliphatic rings. The lowest BCUT2D eigenvalue weighted by Crippen LogP contribution is -2.32. The van der Waals surface area contributed by atoms with Crippen LogP contribution < -0.4 is 5.32 Å². The fourth-order valence-corrected chi connectivity index (χ4v) is 3.55. The fraction of sp³-hybridized carbons (Fsp3) is 0.538. The van der Waals surface area contributed by atoms with Crippen molar-refractivity contribution >= 4 is 39.0 Å². The molecule has 102 valence electrons. The third kappa shape index (κ3) is 2.83. The quantitative estimate of drug-likeness (QED) is 0.658. The van der Waals surface area contributed by atoms with Crippen LogP contribution in [0.4, 0.5) is 5.82 Å². The summed E-state index contributed by atoms with van der Waals surface area (Å²) in [5.74, 6) is 0.738. The molecule has 4 nitrogen and oxygen atoms in total. The smallest absolute Gasteiger partial charge is 0.225 e. The Bertz CT molecular complexity index is 574. The van der Waals surface area contributed by atoms with E-state index in [2.05, 4.69) is 15.3 Å². The number of nitrogens with one attached hydrogen (secondary N) is 1. The van der Waals surface area contributed by atoms with E-state index in [1.54, 1.807) is 11.3 Å². The molecule has 2 aromatic rings. The summed E-state index contributed by atoms with van der Waals surface area (Å²) in [6.45, 7) is 0. The van der Waals surface area contributed by atoms with Crippen molar-refractivity contribution in [2.75, 3.05) is 5.32 Å². The molecule has 2 atom stereocenters. The summed E-state index contributed by atoms with van der Waals surface area (Å²) in [6, 6.07) is 2.04. The Morgan fingerprint density at radius 3 is 3.00 bits per heavy atom. The number of hydrogen-bond donors (Lipinski definition) is 2. The highest BCUT2D eigenvalue weighted by atomic mass is 35.5. The first-order valence-electron chi connectivity index (χ1n) is 6.59. The molecule has 0 bridgehead atoms. The molecule has 19 heavy (non-hydrogen) atoms. The second-order valence-corrected chi connectivity index (χ2v) is 6.17. The van der Waals surface area contributed by atoms with Gasteiger partial charge in [0.05, 0.1) is 17.5 Å². The molecule has 0 amide bonds. The molecule has 1 aliphatic carbocycles. The normalized spacial score (nSPS) is 24.3. The Morgan fingerprint density at radius 1 is 1.26 bits per heavy atom. The van der Waals surface area contributed by atoms with Crippen molar-refractivity contribution < 1.29 is 5.11 Å². The van der Waals surface area contributed by atoms with Gasteiger partial charge < -0.3 is 10.4 Å². The molecular formula is C13H16ClN3OS. The van der Waals surface area contributed by atoms with Crippen LogP contribution in [0.3, 0.4) is 0 Å². The number of anilines is 1. The number of rotatable bonds is 2. The summed E-state index contributed by atoms with van der Waals surface area (Å²) < 4.78 is 0. The van der Waals surface area contributed by atoms with E-state index in [9.17, 15) is 5.11 Å². The van der Waals surface area contributed by atoms with Crippen LogP contribution in [0.1, 0.15) is 32.1 Å². The maximum absolute atomic E-state index is 10.2. The molecule has 3 rings (SSSR count). The Labute approximate surface area is 120 Å². The van der Waals surface area contributed by atoms with Crippen LogP contribution in [-0.2, 0) is 0 Å². The van der Waals surface area contributed by atoms with Crippen molar-refractivity contribution in [2.45, 2.75) is 44.2 Å². The van der Waals surface area contributed by atoms with Gasteiger partial charge in [0.1, 0.15) is 10.6 Å². The number of hydrogen-bond acceptors (Lipinski definition) is 5. The maximum Gasteiger partial charge on any atom is 0.225 e. The largest absolute Gasteiger partial charge is 0.391 e. The predicted molar refractivity (Wildman–Crippen MR) is 78.9 cm³/mol. The lowest BCUT2D eigenvalue weighted by atomic mass is 10.1. The fourth-order valence-electron chi connectivity index (χ4n) is 2.57. The van der Waals surface area contributed by atoms with Crippen LogP contribution in [0.25, 0.3) is 10.2 Å². The Hall–Kier alpha value is -0.910. The van der Waals surface area contributed by atoms with Crippen molar-refractivity contribution in [3.8, 4) is 0 Å². The average Bonchev–Trinajstić information content (AvgIpc) is 2.75. The molecule has 0 aliphatic heterocycles. The van der Waals surface area contributed by atoms with Gasteiger partial charge in [-0.05, 0) is 35.9 Å². The maximum atomic E-state index is 10.2. The van der Waals surface area contributed by atoms with Crippen molar-refractivity contribution in [3.05, 3.63) is 16.7 Å². The van der Waals surface area contributed by atoms with Crippen LogP contribution in [0, 0.1) is 0 Å². The number of aliphatic hydroxyl groups is 1. The van der Waals surface area contributed by atoms with Gasteiger partial charge in [0.2, 0.25) is 5.28 Å². The number of halogens is 1. The highest BCUT2D eigenvalue weighted by Gasteiger charge is 2.22. The monoisotopic (exact) mass is 297 g/mol. The van der Waals surface area contributed by atoms with E-state index in [0.717, 1.165) is 41.7 Å². The Morgan fingerprint density at radius 2 is 2.11 bits per heavy atom. The lowest BCUT2D eigenvalue weighted by molar-refractivity contribution is 0.144. The summed E-state index contributed by atoms with van der Waals surface area (Å²) in [6.07, 6.45) is 4.92. The SMILES string of the molecule is OC1CCCCCC1Nc1nc(Cl)nc2sccc12. The zero-order valence-corrected chi connectivity index (χ0v) is 12.0. The van der Waals surface area contributed by atoms with Gasteiger partial charge in [-0.1, -0.05) is 19.3 Å². The van der Waals surface area contributed by atoms with E-state index in [1.807, 2.05) is 11.4 Å². The van der Waals surface area contributed by atoms with Crippen molar-refractivity contribution in [1.29, 1.82) is 0 Å².